The molecule has 4 nitrogen and oxygen atoms in total. The molecule has 0 aliphatic rings. The maximum Gasteiger partial charge on any atom is 0.338 e. The number of aliphatic hydroxyl groups excluding tert-OH is 1. The van der Waals surface area contributed by atoms with Crippen molar-refractivity contribution in [3.63, 3.8) is 0 Å². The molecule has 0 saturated carbocycles. The Labute approximate surface area is 135 Å². The molecule has 0 atom stereocenters. The van der Waals surface area contributed by atoms with Crippen LogP contribution >= 0.6 is 0 Å². The first-order chi connectivity index (χ1) is 10.3. The second-order valence-electron chi connectivity index (χ2n) is 4.69. The van der Waals surface area contributed by atoms with Crippen LogP contribution in [0.3, 0.4) is 0 Å². The summed E-state index contributed by atoms with van der Waals surface area (Å²) in [4.78, 5) is 22.3. The van der Waals surface area contributed by atoms with E-state index >= 15 is 0 Å². The summed E-state index contributed by atoms with van der Waals surface area (Å²) in [5.74, 6) is -0.368. The van der Waals surface area contributed by atoms with Crippen molar-refractivity contribution in [3.05, 3.63) is 34.9 Å². The summed E-state index contributed by atoms with van der Waals surface area (Å²) in [5, 5.41) is 7.00. The average Bonchev–Trinajstić information content (AvgIpc) is 2.51. The highest BCUT2D eigenvalue weighted by molar-refractivity contribution is 5.91. The van der Waals surface area contributed by atoms with Gasteiger partial charge in [-0.05, 0) is 45.4 Å². The van der Waals surface area contributed by atoms with Gasteiger partial charge in [-0.1, -0.05) is 33.8 Å². The van der Waals surface area contributed by atoms with Gasteiger partial charge < -0.3 is 9.84 Å². The van der Waals surface area contributed by atoms with Gasteiger partial charge in [0.2, 0.25) is 0 Å². The van der Waals surface area contributed by atoms with Crippen molar-refractivity contribution in [1.29, 1.82) is 0 Å². The number of aldehydes is 1. The van der Waals surface area contributed by atoms with Crippen molar-refractivity contribution in [1.82, 2.24) is 0 Å². The van der Waals surface area contributed by atoms with Crippen LogP contribution < -0.4 is 0 Å². The largest absolute Gasteiger partial charge is 0.456 e. The molecule has 1 N–H and O–H groups in total. The van der Waals surface area contributed by atoms with E-state index in [0.717, 1.165) is 19.0 Å². The van der Waals surface area contributed by atoms with Gasteiger partial charge in [0, 0.05) is 12.7 Å². The van der Waals surface area contributed by atoms with Gasteiger partial charge in [-0.2, -0.15) is 0 Å². The Morgan fingerprint density at radius 2 is 1.55 bits per heavy atom. The van der Waals surface area contributed by atoms with Gasteiger partial charge in [-0.3, -0.25) is 4.79 Å². The lowest BCUT2D eigenvalue weighted by Gasteiger charge is -2.19. The number of esters is 1. The number of carbonyl (C=O) groups is 2. The molecule has 128 valence electrons. The normalized spacial score (nSPS) is 8.82. The van der Waals surface area contributed by atoms with E-state index in [1.807, 2.05) is 48.5 Å². The van der Waals surface area contributed by atoms with E-state index in [9.17, 15) is 9.59 Å². The third kappa shape index (κ3) is 11.0. The molecule has 4 heteroatoms. The monoisotopic (exact) mass is 312 g/mol. The van der Waals surface area contributed by atoms with Crippen LogP contribution in [-0.2, 0) is 4.74 Å². The van der Waals surface area contributed by atoms with Gasteiger partial charge in [0.25, 0.3) is 0 Å². The highest BCUT2D eigenvalue weighted by atomic mass is 16.6. The van der Waals surface area contributed by atoms with Gasteiger partial charge >= 0.3 is 5.97 Å². The summed E-state index contributed by atoms with van der Waals surface area (Å²) in [6, 6.07) is 4.89. The molecule has 0 radical (unpaired) electrons. The first-order valence-electron chi connectivity index (χ1n) is 7.57. The molecule has 0 spiro atoms. The number of aliphatic hydroxyl groups is 1. The Hall–Kier alpha value is -1.68. The lowest BCUT2D eigenvalue weighted by Crippen LogP contribution is -2.23. The van der Waals surface area contributed by atoms with E-state index in [-0.39, 0.29) is 5.97 Å². The lowest BCUT2D eigenvalue weighted by molar-refractivity contribution is 0.00692. The molecule has 0 aliphatic carbocycles. The van der Waals surface area contributed by atoms with Gasteiger partial charge in [-0.25, -0.2) is 4.79 Å². The molecule has 0 aliphatic heterocycles. The van der Waals surface area contributed by atoms with E-state index in [0.29, 0.717) is 11.1 Å². The Bertz CT molecular complexity index is 418. The third-order valence-electron chi connectivity index (χ3n) is 2.03. The first-order valence-corrected chi connectivity index (χ1v) is 7.57. The van der Waals surface area contributed by atoms with Gasteiger partial charge in [0.15, 0.2) is 0 Å². The molecule has 0 bridgehead atoms. The van der Waals surface area contributed by atoms with Crippen molar-refractivity contribution in [2.24, 2.45) is 0 Å². The molecule has 22 heavy (non-hydrogen) atoms. The molecule has 0 amide bonds. The topological polar surface area (TPSA) is 63.6 Å². The fourth-order valence-corrected chi connectivity index (χ4v) is 1.27. The second kappa shape index (κ2) is 14.3. The van der Waals surface area contributed by atoms with Gasteiger partial charge in [0.1, 0.15) is 11.9 Å². The smallest absolute Gasteiger partial charge is 0.338 e. The number of hydrogen-bond acceptors (Lipinski definition) is 4. The number of ether oxygens (including phenoxy) is 1. The number of rotatable bonds is 2. The summed E-state index contributed by atoms with van der Waals surface area (Å²) < 4.78 is 5.22. The standard InChI is InChI=1S/C13H16O3.2C2H6.CH4O/c1-9-7-10(5-6-11(9)8-14)12(15)16-13(2,3)4;3*1-2/h5-8H,1-4H3;2*1-2H3;2H,1H3. The van der Waals surface area contributed by atoms with E-state index in [2.05, 4.69) is 0 Å². The van der Waals surface area contributed by atoms with E-state index in [1.54, 1.807) is 25.1 Å². The fourth-order valence-electron chi connectivity index (χ4n) is 1.27. The van der Waals surface area contributed by atoms with Crippen LogP contribution in [0.25, 0.3) is 0 Å². The van der Waals surface area contributed by atoms with Crippen molar-refractivity contribution in [3.8, 4) is 0 Å². The van der Waals surface area contributed by atoms with Crippen molar-refractivity contribution < 1.29 is 19.4 Å². The van der Waals surface area contributed by atoms with Crippen LogP contribution in [0.2, 0.25) is 0 Å². The lowest BCUT2D eigenvalue weighted by atomic mass is 10.1. The molecule has 0 heterocycles. The number of carbonyl (C=O) groups excluding carboxylic acids is 2. The molecule has 0 fully saturated rings. The fraction of sp³-hybridized carbons (Fsp3) is 0.556. The summed E-state index contributed by atoms with van der Waals surface area (Å²) in [6.45, 7) is 15.2. The Morgan fingerprint density at radius 1 is 1.09 bits per heavy atom. The zero-order valence-corrected chi connectivity index (χ0v) is 15.5. The molecule has 0 unspecified atom stereocenters. The SMILES string of the molecule is CC.CC.CO.Cc1cc(C(=O)OC(C)(C)C)ccc1C=O. The highest BCUT2D eigenvalue weighted by Gasteiger charge is 2.18. The van der Waals surface area contributed by atoms with Gasteiger partial charge in [0.05, 0.1) is 5.56 Å². The summed E-state index contributed by atoms with van der Waals surface area (Å²) in [6.07, 6.45) is 0.772. The highest BCUT2D eigenvalue weighted by Crippen LogP contribution is 2.14. The van der Waals surface area contributed by atoms with E-state index in [1.165, 1.54) is 0 Å². The number of benzene rings is 1. The van der Waals surface area contributed by atoms with Crippen molar-refractivity contribution in [2.75, 3.05) is 7.11 Å². The number of hydrogen-bond donors (Lipinski definition) is 1. The van der Waals surface area contributed by atoms with Crippen LogP contribution in [0.1, 0.15) is 74.7 Å². The summed E-state index contributed by atoms with van der Waals surface area (Å²) in [5.41, 5.74) is 1.33. The Kier molecular flexibility index (Phi) is 16.4. The molecular formula is C18H32O4. The predicted molar refractivity (Wildman–Crippen MR) is 92.6 cm³/mol. The Balaban J connectivity index is -0.000000535. The van der Waals surface area contributed by atoms with Crippen LogP contribution in [0.15, 0.2) is 18.2 Å². The maximum absolute atomic E-state index is 11.7. The van der Waals surface area contributed by atoms with Crippen LogP contribution in [0.5, 0.6) is 0 Å². The van der Waals surface area contributed by atoms with E-state index < -0.39 is 5.60 Å². The second-order valence-corrected chi connectivity index (χ2v) is 4.69. The van der Waals surface area contributed by atoms with Crippen molar-refractivity contribution in [2.45, 2.75) is 61.0 Å². The number of aryl methyl sites for hydroxylation is 1. The van der Waals surface area contributed by atoms with Gasteiger partial charge in [-0.15, -0.1) is 0 Å². The van der Waals surface area contributed by atoms with E-state index in [4.69, 9.17) is 9.84 Å². The minimum Gasteiger partial charge on any atom is -0.456 e. The summed E-state index contributed by atoms with van der Waals surface area (Å²) >= 11 is 0. The first kappa shape index (κ1) is 25.3. The minimum absolute atomic E-state index is 0.368. The predicted octanol–water partition coefficient (Wildman–Crippen LogP) is 4.42. The molecule has 1 aromatic carbocycles. The Morgan fingerprint density at radius 3 is 1.86 bits per heavy atom. The van der Waals surface area contributed by atoms with Crippen LogP contribution in [0.4, 0.5) is 0 Å². The molecule has 1 aromatic rings. The molecule has 0 saturated heterocycles. The zero-order valence-electron chi connectivity index (χ0n) is 15.5. The van der Waals surface area contributed by atoms with Crippen LogP contribution in [0, 0.1) is 6.92 Å². The average molecular weight is 312 g/mol. The minimum atomic E-state index is -0.506. The maximum atomic E-state index is 11.7. The third-order valence-corrected chi connectivity index (χ3v) is 2.03. The zero-order chi connectivity index (χ0) is 18.3. The van der Waals surface area contributed by atoms with Crippen molar-refractivity contribution >= 4 is 12.3 Å². The summed E-state index contributed by atoms with van der Waals surface area (Å²) in [7, 11) is 1.00. The molecular weight excluding hydrogens is 280 g/mol. The van der Waals surface area contributed by atoms with Crippen LogP contribution in [-0.4, -0.2) is 30.1 Å². The molecule has 1 rings (SSSR count). The molecule has 0 aromatic heterocycles. The quantitative estimate of drug-likeness (QED) is 0.648.